The molecule has 0 saturated carbocycles. The normalized spacial score (nSPS) is 20.4. The van der Waals surface area contributed by atoms with Gasteiger partial charge in [-0.1, -0.05) is 25.8 Å². The van der Waals surface area contributed by atoms with Crippen LogP contribution in [-0.4, -0.2) is 11.1 Å². The number of aryl methyl sites for hydroxylation is 1. The molecule has 1 aromatic rings. The van der Waals surface area contributed by atoms with Crippen LogP contribution in [0.15, 0.2) is 18.2 Å². The molecule has 0 saturated heterocycles. The number of fused-ring (bicyclic) bond motifs is 1. The van der Waals surface area contributed by atoms with Gasteiger partial charge < -0.3 is 10.4 Å². The third kappa shape index (κ3) is 3.26. The van der Waals surface area contributed by atoms with Gasteiger partial charge in [-0.3, -0.25) is 0 Å². The van der Waals surface area contributed by atoms with Gasteiger partial charge in [0, 0.05) is 12.1 Å². The number of hydrogen-bond donors (Lipinski definition) is 2. The summed E-state index contributed by atoms with van der Waals surface area (Å²) in [5.74, 6) is 0.392. The summed E-state index contributed by atoms with van der Waals surface area (Å²) in [5.41, 5.74) is 2.71. The van der Waals surface area contributed by atoms with E-state index in [4.69, 9.17) is 0 Å². The summed E-state index contributed by atoms with van der Waals surface area (Å²) in [7, 11) is 0. The highest BCUT2D eigenvalue weighted by Gasteiger charge is 2.21. The molecule has 1 aromatic carbocycles. The maximum atomic E-state index is 9.65. The van der Waals surface area contributed by atoms with Crippen molar-refractivity contribution in [3.05, 3.63) is 29.3 Å². The molecule has 0 heterocycles. The van der Waals surface area contributed by atoms with Gasteiger partial charge in [0.2, 0.25) is 0 Å². The molecule has 1 aliphatic carbocycles. The van der Waals surface area contributed by atoms with Crippen LogP contribution in [-0.2, 0) is 6.42 Å². The summed E-state index contributed by atoms with van der Waals surface area (Å²) >= 11 is 0. The molecule has 2 nitrogen and oxygen atoms in total. The Balaban J connectivity index is 2.05. The van der Waals surface area contributed by atoms with Gasteiger partial charge in [-0.05, 0) is 55.9 Å². The Morgan fingerprint density at radius 3 is 3.06 bits per heavy atom. The zero-order chi connectivity index (χ0) is 13.0. The second-order valence-corrected chi connectivity index (χ2v) is 5.54. The van der Waals surface area contributed by atoms with Crippen LogP contribution in [0, 0.1) is 0 Å². The van der Waals surface area contributed by atoms with Gasteiger partial charge >= 0.3 is 0 Å². The smallest absolute Gasteiger partial charge is 0.115 e. The molecule has 2 unspecified atom stereocenters. The van der Waals surface area contributed by atoms with E-state index in [-0.39, 0.29) is 0 Å². The second kappa shape index (κ2) is 6.24. The van der Waals surface area contributed by atoms with Crippen molar-refractivity contribution in [1.29, 1.82) is 0 Å². The molecule has 0 aromatic heterocycles. The topological polar surface area (TPSA) is 32.3 Å². The number of benzene rings is 1. The number of rotatable bonds is 5. The van der Waals surface area contributed by atoms with Crippen molar-refractivity contribution in [1.82, 2.24) is 5.32 Å². The number of unbranched alkanes of at least 4 members (excludes halogenated alkanes) is 1. The van der Waals surface area contributed by atoms with Crippen molar-refractivity contribution in [2.75, 3.05) is 0 Å². The average Bonchev–Trinajstić information content (AvgIpc) is 2.37. The molecule has 2 rings (SSSR count). The van der Waals surface area contributed by atoms with Crippen molar-refractivity contribution >= 4 is 0 Å². The van der Waals surface area contributed by atoms with Crippen LogP contribution in [0.2, 0.25) is 0 Å². The maximum Gasteiger partial charge on any atom is 0.115 e. The first-order valence-corrected chi connectivity index (χ1v) is 7.28. The summed E-state index contributed by atoms with van der Waals surface area (Å²) in [4.78, 5) is 0. The lowest BCUT2D eigenvalue weighted by molar-refractivity contribution is 0.387. The van der Waals surface area contributed by atoms with Crippen LogP contribution < -0.4 is 5.32 Å². The fourth-order valence-corrected chi connectivity index (χ4v) is 2.90. The van der Waals surface area contributed by atoms with Crippen molar-refractivity contribution in [2.24, 2.45) is 0 Å². The van der Waals surface area contributed by atoms with Crippen molar-refractivity contribution in [3.63, 3.8) is 0 Å². The first-order valence-electron chi connectivity index (χ1n) is 7.28. The summed E-state index contributed by atoms with van der Waals surface area (Å²) < 4.78 is 0. The van der Waals surface area contributed by atoms with E-state index < -0.39 is 0 Å². The second-order valence-electron chi connectivity index (χ2n) is 5.54. The minimum Gasteiger partial charge on any atom is -0.508 e. The molecule has 0 fully saturated rings. The zero-order valence-electron chi connectivity index (χ0n) is 11.6. The van der Waals surface area contributed by atoms with Crippen LogP contribution in [0.3, 0.4) is 0 Å². The van der Waals surface area contributed by atoms with Gasteiger partial charge in [-0.15, -0.1) is 0 Å². The molecule has 18 heavy (non-hydrogen) atoms. The van der Waals surface area contributed by atoms with Crippen molar-refractivity contribution in [3.8, 4) is 5.75 Å². The number of nitrogens with one attached hydrogen (secondary N) is 1. The molecule has 0 bridgehead atoms. The van der Waals surface area contributed by atoms with E-state index in [9.17, 15) is 5.11 Å². The summed E-state index contributed by atoms with van der Waals surface area (Å²) in [6.45, 7) is 4.51. The lowest BCUT2D eigenvalue weighted by Crippen LogP contribution is -2.32. The summed E-state index contributed by atoms with van der Waals surface area (Å²) in [6.07, 6.45) is 7.36. The minimum absolute atomic E-state index is 0.392. The highest BCUT2D eigenvalue weighted by atomic mass is 16.3. The Morgan fingerprint density at radius 2 is 2.28 bits per heavy atom. The van der Waals surface area contributed by atoms with Gasteiger partial charge in [-0.2, -0.15) is 0 Å². The molecular formula is C16H25NO. The molecule has 2 N–H and O–H groups in total. The van der Waals surface area contributed by atoms with Crippen LogP contribution in [0.25, 0.3) is 0 Å². The highest BCUT2D eigenvalue weighted by molar-refractivity contribution is 5.38. The molecule has 0 aliphatic heterocycles. The number of hydrogen-bond acceptors (Lipinski definition) is 2. The molecular weight excluding hydrogens is 222 g/mol. The van der Waals surface area contributed by atoms with Gasteiger partial charge in [0.1, 0.15) is 5.75 Å². The lowest BCUT2D eigenvalue weighted by Gasteiger charge is -2.29. The predicted octanol–water partition coefficient (Wildman–Crippen LogP) is 3.94. The summed E-state index contributed by atoms with van der Waals surface area (Å²) in [5, 5.41) is 13.4. The van der Waals surface area contributed by atoms with Crippen LogP contribution in [0.4, 0.5) is 0 Å². The minimum atomic E-state index is 0.392. The Hall–Kier alpha value is -1.02. The summed E-state index contributed by atoms with van der Waals surface area (Å²) in [6, 6.07) is 6.81. The third-order valence-corrected chi connectivity index (χ3v) is 3.92. The van der Waals surface area contributed by atoms with Crippen molar-refractivity contribution in [2.45, 2.75) is 64.5 Å². The van der Waals surface area contributed by atoms with Gasteiger partial charge in [0.15, 0.2) is 0 Å². The Morgan fingerprint density at radius 1 is 1.44 bits per heavy atom. The first-order chi connectivity index (χ1) is 8.70. The Labute approximate surface area is 110 Å². The fraction of sp³-hybridized carbons (Fsp3) is 0.625. The molecule has 2 heteroatoms. The van der Waals surface area contributed by atoms with E-state index in [0.717, 1.165) is 6.42 Å². The van der Waals surface area contributed by atoms with Crippen LogP contribution >= 0.6 is 0 Å². The molecule has 0 radical (unpaired) electrons. The maximum absolute atomic E-state index is 9.65. The Kier molecular flexibility index (Phi) is 4.65. The molecule has 0 spiro atoms. The van der Waals surface area contributed by atoms with E-state index in [2.05, 4.69) is 25.2 Å². The zero-order valence-corrected chi connectivity index (χ0v) is 11.6. The van der Waals surface area contributed by atoms with E-state index in [1.807, 2.05) is 12.1 Å². The highest BCUT2D eigenvalue weighted by Crippen LogP contribution is 2.32. The number of phenolic OH excluding ortho intramolecular Hbond substituents is 1. The van der Waals surface area contributed by atoms with Gasteiger partial charge in [0.05, 0.1) is 0 Å². The fourth-order valence-electron chi connectivity index (χ4n) is 2.90. The van der Waals surface area contributed by atoms with Gasteiger partial charge in [-0.25, -0.2) is 0 Å². The lowest BCUT2D eigenvalue weighted by atomic mass is 9.87. The first kappa shape index (κ1) is 13.4. The number of aromatic hydroxyl groups is 1. The molecule has 2 atom stereocenters. The SMILES string of the molecule is CCCCC(C)NC1CCCc2ccc(O)cc21. The van der Waals surface area contributed by atoms with E-state index in [0.29, 0.717) is 17.8 Å². The molecule has 0 amide bonds. The van der Waals surface area contributed by atoms with E-state index >= 15 is 0 Å². The van der Waals surface area contributed by atoms with E-state index in [1.54, 1.807) is 0 Å². The quantitative estimate of drug-likeness (QED) is 0.826. The monoisotopic (exact) mass is 247 g/mol. The van der Waals surface area contributed by atoms with Gasteiger partial charge in [0.25, 0.3) is 0 Å². The van der Waals surface area contributed by atoms with E-state index in [1.165, 1.54) is 43.2 Å². The molecule has 100 valence electrons. The van der Waals surface area contributed by atoms with Crippen LogP contribution in [0.5, 0.6) is 5.75 Å². The molecule has 1 aliphatic rings. The largest absolute Gasteiger partial charge is 0.508 e. The van der Waals surface area contributed by atoms with Crippen LogP contribution in [0.1, 0.15) is 63.1 Å². The Bertz CT molecular complexity index is 389. The predicted molar refractivity (Wildman–Crippen MR) is 75.9 cm³/mol. The number of phenols is 1. The average molecular weight is 247 g/mol. The third-order valence-electron chi connectivity index (χ3n) is 3.92. The standard InChI is InChI=1S/C16H25NO/c1-3-4-6-12(2)17-16-8-5-7-13-9-10-14(18)11-15(13)16/h9-12,16-18H,3-8H2,1-2H3. The van der Waals surface area contributed by atoms with Crippen molar-refractivity contribution < 1.29 is 5.11 Å².